The van der Waals surface area contributed by atoms with Crippen LogP contribution in [0.4, 0.5) is 5.88 Å². The molecule has 1 aliphatic heterocycles. The van der Waals surface area contributed by atoms with Gasteiger partial charge in [0, 0.05) is 25.6 Å². The highest BCUT2D eigenvalue weighted by Crippen LogP contribution is 2.38. The largest absolute Gasteiger partial charge is 0.588 e. The van der Waals surface area contributed by atoms with Gasteiger partial charge < -0.3 is 28.8 Å². The van der Waals surface area contributed by atoms with E-state index >= 15 is 0 Å². The molecule has 2 heterocycles. The standard InChI is InChI=1S/C23H33N5O5/c1-30-19-13-17(14-20(31-2)22(19)32-3)15-26-9-11-27(12-10-26)28-16-21(33-25-28)24-23(29)18-7-5-4-6-8-18/h13-14,16,18H,4-12,15H2,1-3H3. The molecule has 10 heteroatoms. The average molecular weight is 460 g/mol. The van der Waals surface area contributed by atoms with Crippen molar-refractivity contribution < 1.29 is 28.3 Å². The van der Waals surface area contributed by atoms with Gasteiger partial charge in [0.05, 0.1) is 45.1 Å². The lowest BCUT2D eigenvalue weighted by atomic mass is 9.89. The number of ether oxygens (including phenoxy) is 3. The van der Waals surface area contributed by atoms with Crippen molar-refractivity contribution in [1.82, 2.24) is 10.2 Å². The van der Waals surface area contributed by atoms with Gasteiger partial charge in [0.15, 0.2) is 11.5 Å². The molecule has 1 saturated carbocycles. The Hall–Kier alpha value is -3.01. The van der Waals surface area contributed by atoms with Crippen molar-refractivity contribution in [1.29, 1.82) is 0 Å². The van der Waals surface area contributed by atoms with Crippen LogP contribution in [0.3, 0.4) is 0 Å². The summed E-state index contributed by atoms with van der Waals surface area (Å²) in [6.07, 6.45) is 6.94. The molecule has 33 heavy (non-hydrogen) atoms. The fraction of sp³-hybridized carbons (Fsp3) is 0.609. The van der Waals surface area contributed by atoms with Gasteiger partial charge in [0.1, 0.15) is 5.88 Å². The van der Waals surface area contributed by atoms with Crippen molar-refractivity contribution in [3.05, 3.63) is 29.2 Å². The first kappa shape index (κ1) is 23.2. The summed E-state index contributed by atoms with van der Waals surface area (Å²) in [7, 11) is 4.85. The SMILES string of the molecule is COc1cc(CN2CCN([n+]3cc([N-]C(=O)C4CCCCC4)on3)CC2)cc(OC)c1OC. The molecule has 0 radical (unpaired) electrons. The summed E-state index contributed by atoms with van der Waals surface area (Å²) < 4.78 is 21.6. The van der Waals surface area contributed by atoms with Gasteiger partial charge >= 0.3 is 0 Å². The van der Waals surface area contributed by atoms with Crippen LogP contribution in [0.5, 0.6) is 17.2 Å². The van der Waals surface area contributed by atoms with E-state index in [1.54, 1.807) is 32.3 Å². The molecule has 2 fully saturated rings. The van der Waals surface area contributed by atoms with E-state index in [0.717, 1.165) is 64.0 Å². The summed E-state index contributed by atoms with van der Waals surface area (Å²) >= 11 is 0. The van der Waals surface area contributed by atoms with Crippen molar-refractivity contribution in [2.75, 3.05) is 52.5 Å². The first-order valence-electron chi connectivity index (χ1n) is 11.5. The molecule has 1 saturated heterocycles. The molecule has 0 atom stereocenters. The Bertz CT molecular complexity index is 910. The Labute approximate surface area is 194 Å². The summed E-state index contributed by atoms with van der Waals surface area (Å²) in [6.45, 7) is 4.02. The van der Waals surface area contributed by atoms with Crippen LogP contribution < -0.4 is 24.0 Å². The van der Waals surface area contributed by atoms with Crippen LogP contribution in [0.15, 0.2) is 22.9 Å². The summed E-state index contributed by atoms with van der Waals surface area (Å²) in [5.74, 6) is 2.11. The van der Waals surface area contributed by atoms with Crippen molar-refractivity contribution in [3.63, 3.8) is 0 Å². The van der Waals surface area contributed by atoms with Crippen molar-refractivity contribution in [2.24, 2.45) is 5.92 Å². The van der Waals surface area contributed by atoms with Crippen LogP contribution in [-0.4, -0.2) is 63.6 Å². The summed E-state index contributed by atoms with van der Waals surface area (Å²) in [5, 5.41) is 10.3. The number of hydrogen-bond acceptors (Lipinski definition) is 8. The molecule has 2 aliphatic rings. The fourth-order valence-electron chi connectivity index (χ4n) is 4.55. The molecule has 180 valence electrons. The van der Waals surface area contributed by atoms with Gasteiger partial charge in [0.2, 0.25) is 11.0 Å². The van der Waals surface area contributed by atoms with Gasteiger partial charge in [-0.15, -0.1) is 0 Å². The smallest absolute Gasteiger partial charge is 0.257 e. The zero-order valence-corrected chi connectivity index (χ0v) is 19.7. The number of aromatic nitrogens is 2. The highest BCUT2D eigenvalue weighted by atomic mass is 16.5. The zero-order chi connectivity index (χ0) is 23.2. The lowest BCUT2D eigenvalue weighted by molar-refractivity contribution is -0.759. The molecule has 2 aromatic rings. The van der Waals surface area contributed by atoms with Gasteiger partial charge in [-0.2, -0.15) is 5.01 Å². The molecule has 1 amide bonds. The number of nitrogens with zero attached hydrogens (tertiary/aromatic N) is 5. The van der Waals surface area contributed by atoms with E-state index in [2.05, 4.69) is 20.5 Å². The summed E-state index contributed by atoms with van der Waals surface area (Å²) in [5.41, 5.74) is 1.09. The number of benzene rings is 1. The molecular formula is C23H33N5O5. The van der Waals surface area contributed by atoms with Crippen LogP contribution in [0.1, 0.15) is 37.7 Å². The van der Waals surface area contributed by atoms with Crippen LogP contribution in [0.25, 0.3) is 5.32 Å². The number of piperazine rings is 1. The monoisotopic (exact) mass is 459 g/mol. The molecule has 10 nitrogen and oxygen atoms in total. The Balaban J connectivity index is 1.31. The van der Waals surface area contributed by atoms with Crippen LogP contribution >= 0.6 is 0 Å². The second-order valence-corrected chi connectivity index (χ2v) is 8.51. The Kier molecular flexibility index (Phi) is 7.54. The van der Waals surface area contributed by atoms with E-state index < -0.39 is 0 Å². The van der Waals surface area contributed by atoms with Gasteiger partial charge in [-0.3, -0.25) is 4.90 Å². The predicted molar refractivity (Wildman–Crippen MR) is 121 cm³/mol. The Morgan fingerprint density at radius 1 is 1.06 bits per heavy atom. The maximum Gasteiger partial charge on any atom is 0.257 e. The minimum absolute atomic E-state index is 0.0241. The number of methoxy groups -OCH3 is 3. The molecular weight excluding hydrogens is 426 g/mol. The highest BCUT2D eigenvalue weighted by Gasteiger charge is 2.26. The van der Waals surface area contributed by atoms with Gasteiger partial charge in [-0.05, 0) is 30.5 Å². The Morgan fingerprint density at radius 3 is 2.33 bits per heavy atom. The molecule has 1 aromatic carbocycles. The lowest BCUT2D eigenvalue weighted by Gasteiger charge is -2.30. The van der Waals surface area contributed by atoms with Gasteiger partial charge in [-0.25, -0.2) is 0 Å². The van der Waals surface area contributed by atoms with E-state index in [1.165, 1.54) is 6.42 Å². The van der Waals surface area contributed by atoms with Crippen molar-refractivity contribution >= 4 is 11.8 Å². The first-order chi connectivity index (χ1) is 16.1. The minimum Gasteiger partial charge on any atom is -0.588 e. The van der Waals surface area contributed by atoms with E-state index in [1.807, 2.05) is 12.1 Å². The second-order valence-electron chi connectivity index (χ2n) is 8.51. The molecule has 0 bridgehead atoms. The molecule has 0 unspecified atom stereocenters. The maximum absolute atomic E-state index is 12.4. The fourth-order valence-corrected chi connectivity index (χ4v) is 4.55. The topological polar surface area (TPSA) is 95.2 Å². The van der Waals surface area contributed by atoms with E-state index in [-0.39, 0.29) is 17.7 Å². The zero-order valence-electron chi connectivity index (χ0n) is 19.7. The van der Waals surface area contributed by atoms with E-state index in [9.17, 15) is 4.79 Å². The third-order valence-corrected chi connectivity index (χ3v) is 6.39. The number of carbonyl (C=O) groups excluding carboxylic acids is 1. The molecule has 0 spiro atoms. The average Bonchev–Trinajstić information content (AvgIpc) is 3.32. The maximum atomic E-state index is 12.4. The molecule has 1 aromatic heterocycles. The number of amides is 1. The molecule has 4 rings (SSSR count). The van der Waals surface area contributed by atoms with Gasteiger partial charge in [0.25, 0.3) is 6.20 Å². The summed E-state index contributed by atoms with van der Waals surface area (Å²) in [6, 6.07) is 3.97. The third-order valence-electron chi connectivity index (χ3n) is 6.39. The first-order valence-corrected chi connectivity index (χ1v) is 11.5. The summed E-state index contributed by atoms with van der Waals surface area (Å²) in [4.78, 5) is 16.4. The van der Waals surface area contributed by atoms with Crippen molar-refractivity contribution in [3.8, 4) is 17.2 Å². The predicted octanol–water partition coefficient (Wildman–Crippen LogP) is 2.55. The number of carbonyl (C=O) groups is 1. The lowest BCUT2D eigenvalue weighted by Crippen LogP contribution is -2.65. The van der Waals surface area contributed by atoms with Crippen LogP contribution in [0, 0.1) is 5.92 Å². The number of rotatable bonds is 8. The minimum atomic E-state index is -0.0897. The molecule has 1 aliphatic carbocycles. The van der Waals surface area contributed by atoms with E-state index in [4.69, 9.17) is 18.7 Å². The van der Waals surface area contributed by atoms with Crippen molar-refractivity contribution in [2.45, 2.75) is 38.6 Å². The second kappa shape index (κ2) is 10.7. The highest BCUT2D eigenvalue weighted by molar-refractivity contribution is 5.96. The van der Waals surface area contributed by atoms with Crippen LogP contribution in [0.2, 0.25) is 0 Å². The van der Waals surface area contributed by atoms with Crippen LogP contribution in [-0.2, 0) is 11.3 Å². The number of hydrogen-bond donors (Lipinski definition) is 0. The third kappa shape index (κ3) is 5.50. The van der Waals surface area contributed by atoms with Gasteiger partial charge in [-0.1, -0.05) is 19.3 Å². The van der Waals surface area contributed by atoms with E-state index in [0.29, 0.717) is 17.2 Å². The quantitative estimate of drug-likeness (QED) is 0.556. The molecule has 0 N–H and O–H groups in total. The normalized spacial score (nSPS) is 17.6. The Morgan fingerprint density at radius 2 is 1.73 bits per heavy atom.